The van der Waals surface area contributed by atoms with Crippen molar-refractivity contribution in [2.75, 3.05) is 5.32 Å². The molecular weight excluding hydrogens is 465 g/mol. The van der Waals surface area contributed by atoms with Gasteiger partial charge < -0.3 is 10.6 Å². The number of alkyl halides is 3. The Balaban J connectivity index is 1.97. The summed E-state index contributed by atoms with van der Waals surface area (Å²) in [4.78, 5) is 52.4. The summed E-state index contributed by atoms with van der Waals surface area (Å²) in [5.41, 5.74) is -6.82. The van der Waals surface area contributed by atoms with E-state index >= 15 is 0 Å². The molecular formula is C21H14ClF3N4O4. The molecule has 2 amide bonds. The Morgan fingerprint density at radius 3 is 2.36 bits per heavy atom. The molecule has 0 unspecified atom stereocenters. The molecule has 0 saturated heterocycles. The van der Waals surface area contributed by atoms with Gasteiger partial charge in [-0.25, -0.2) is 9.36 Å². The standard InChI is InChI=1S/C21H14ClF3N4O4/c1-10-5-7-13(8-6-10)29-15-14(17(31)27-19(29)33)20(18(32)26-15,21(23,24)25)28-16(30)11-3-2-4-12(22)9-11/h2-9H,1H3,(H,26,32)(H,28,30)(H,27,31,33)/t20-/m1/s1. The zero-order valence-corrected chi connectivity index (χ0v) is 17.5. The summed E-state index contributed by atoms with van der Waals surface area (Å²) < 4.78 is 44.0. The fourth-order valence-corrected chi connectivity index (χ4v) is 3.78. The summed E-state index contributed by atoms with van der Waals surface area (Å²) in [7, 11) is 0. The van der Waals surface area contributed by atoms with Crippen LogP contribution < -0.4 is 21.9 Å². The second kappa shape index (κ2) is 7.62. The van der Waals surface area contributed by atoms with Crippen LogP contribution in [0.1, 0.15) is 21.5 Å². The number of H-pyrrole nitrogens is 1. The molecule has 33 heavy (non-hydrogen) atoms. The van der Waals surface area contributed by atoms with Crippen LogP contribution in [0.4, 0.5) is 19.0 Å². The highest BCUT2D eigenvalue weighted by Gasteiger charge is 2.68. The number of aryl methyl sites for hydroxylation is 1. The Bertz CT molecular complexity index is 1410. The van der Waals surface area contributed by atoms with Gasteiger partial charge in [0.05, 0.1) is 5.69 Å². The number of amides is 2. The van der Waals surface area contributed by atoms with E-state index in [9.17, 15) is 32.3 Å². The average Bonchev–Trinajstić information content (AvgIpc) is 3.02. The zero-order chi connectivity index (χ0) is 24.1. The third-order valence-corrected chi connectivity index (χ3v) is 5.40. The maximum absolute atomic E-state index is 14.4. The largest absolute Gasteiger partial charge is 0.425 e. The SMILES string of the molecule is Cc1ccc(-n2c3c(c(=O)[nH]c2=O)[C@](NC(=O)c2cccc(Cl)c2)(C(F)(F)F)C(=O)N3)cc1. The summed E-state index contributed by atoms with van der Waals surface area (Å²) in [5, 5.41) is 3.70. The Morgan fingerprint density at radius 1 is 1.09 bits per heavy atom. The number of fused-ring (bicyclic) bond motifs is 1. The molecule has 3 N–H and O–H groups in total. The van der Waals surface area contributed by atoms with Crippen LogP contribution in [0.5, 0.6) is 0 Å². The number of aromatic nitrogens is 2. The van der Waals surface area contributed by atoms with Crippen LogP contribution in [0.3, 0.4) is 0 Å². The lowest BCUT2D eigenvalue weighted by Gasteiger charge is -2.30. The average molecular weight is 479 g/mol. The molecule has 0 fully saturated rings. The second-order valence-corrected chi connectivity index (χ2v) is 7.76. The Hall–Kier alpha value is -3.86. The van der Waals surface area contributed by atoms with Gasteiger partial charge in [-0.1, -0.05) is 35.4 Å². The maximum Gasteiger partial charge on any atom is 0.425 e. The highest BCUT2D eigenvalue weighted by atomic mass is 35.5. The smallest absolute Gasteiger partial charge is 0.326 e. The van der Waals surface area contributed by atoms with Crippen molar-refractivity contribution in [3.63, 3.8) is 0 Å². The van der Waals surface area contributed by atoms with Crippen LogP contribution in [-0.2, 0) is 10.3 Å². The third-order valence-electron chi connectivity index (χ3n) is 5.16. The molecule has 0 bridgehead atoms. The van der Waals surface area contributed by atoms with Crippen molar-refractivity contribution >= 4 is 29.2 Å². The fourth-order valence-electron chi connectivity index (χ4n) is 3.59. The number of nitrogens with one attached hydrogen (secondary N) is 3. The first kappa shape index (κ1) is 22.3. The Morgan fingerprint density at radius 2 is 1.76 bits per heavy atom. The first-order valence-electron chi connectivity index (χ1n) is 9.39. The number of hydrogen-bond donors (Lipinski definition) is 3. The predicted octanol–water partition coefficient (Wildman–Crippen LogP) is 2.63. The van der Waals surface area contributed by atoms with Crippen LogP contribution in [0, 0.1) is 6.92 Å². The van der Waals surface area contributed by atoms with E-state index in [1.165, 1.54) is 30.3 Å². The molecule has 12 heteroatoms. The Kier molecular flexibility index (Phi) is 5.16. The Labute approximate surface area is 188 Å². The summed E-state index contributed by atoms with van der Waals surface area (Å²) in [5.74, 6) is -3.73. The van der Waals surface area contributed by atoms with Crippen LogP contribution in [-0.4, -0.2) is 27.5 Å². The minimum absolute atomic E-state index is 0.0750. The van der Waals surface area contributed by atoms with Crippen molar-refractivity contribution in [3.05, 3.63) is 91.1 Å². The molecule has 2 aromatic carbocycles. The lowest BCUT2D eigenvalue weighted by atomic mass is 9.91. The van der Waals surface area contributed by atoms with Gasteiger partial charge >= 0.3 is 11.9 Å². The van der Waals surface area contributed by atoms with Gasteiger partial charge in [-0.15, -0.1) is 0 Å². The molecule has 0 aliphatic carbocycles. The van der Waals surface area contributed by atoms with Gasteiger partial charge in [-0.3, -0.25) is 19.4 Å². The van der Waals surface area contributed by atoms with Crippen molar-refractivity contribution in [2.24, 2.45) is 0 Å². The molecule has 4 rings (SSSR count). The summed E-state index contributed by atoms with van der Waals surface area (Å²) in [6.45, 7) is 1.76. The zero-order valence-electron chi connectivity index (χ0n) is 16.7. The van der Waals surface area contributed by atoms with Gasteiger partial charge in [-0.05, 0) is 37.3 Å². The number of nitrogens with zero attached hydrogens (tertiary/aromatic N) is 1. The lowest BCUT2D eigenvalue weighted by Crippen LogP contribution is -2.62. The topological polar surface area (TPSA) is 113 Å². The van der Waals surface area contributed by atoms with Gasteiger partial charge in [-0.2, -0.15) is 13.2 Å². The van der Waals surface area contributed by atoms with Crippen molar-refractivity contribution in [1.29, 1.82) is 0 Å². The highest BCUT2D eigenvalue weighted by Crippen LogP contribution is 2.45. The predicted molar refractivity (Wildman–Crippen MR) is 113 cm³/mol. The van der Waals surface area contributed by atoms with E-state index in [0.29, 0.717) is 0 Å². The molecule has 3 aromatic rings. The van der Waals surface area contributed by atoms with E-state index in [1.54, 1.807) is 24.4 Å². The number of rotatable bonds is 3. The van der Waals surface area contributed by atoms with Crippen LogP contribution >= 0.6 is 11.6 Å². The van der Waals surface area contributed by atoms with Crippen LogP contribution in [0.2, 0.25) is 5.02 Å². The van der Waals surface area contributed by atoms with E-state index in [1.807, 2.05) is 10.3 Å². The van der Waals surface area contributed by atoms with Gasteiger partial charge in [0, 0.05) is 10.6 Å². The second-order valence-electron chi connectivity index (χ2n) is 7.32. The minimum atomic E-state index is -5.45. The molecule has 0 spiro atoms. The lowest BCUT2D eigenvalue weighted by molar-refractivity contribution is -0.196. The van der Waals surface area contributed by atoms with Crippen molar-refractivity contribution in [2.45, 2.75) is 18.6 Å². The molecule has 0 radical (unpaired) electrons. The number of carbonyl (C=O) groups is 2. The molecule has 1 aliphatic rings. The minimum Gasteiger partial charge on any atom is -0.326 e. The first-order valence-corrected chi connectivity index (χ1v) is 9.76. The van der Waals surface area contributed by atoms with E-state index in [0.717, 1.165) is 16.2 Å². The number of anilines is 1. The third kappa shape index (κ3) is 3.50. The number of hydrogen-bond acceptors (Lipinski definition) is 4. The van der Waals surface area contributed by atoms with E-state index in [2.05, 4.69) is 0 Å². The highest BCUT2D eigenvalue weighted by molar-refractivity contribution is 6.31. The molecule has 170 valence electrons. The summed E-state index contributed by atoms with van der Waals surface area (Å²) in [6.07, 6.45) is -5.45. The van der Waals surface area contributed by atoms with Crippen LogP contribution in [0.25, 0.3) is 5.69 Å². The van der Waals surface area contributed by atoms with Gasteiger partial charge in [0.25, 0.3) is 22.9 Å². The molecule has 1 aromatic heterocycles. The fraction of sp³-hybridized carbons (Fsp3) is 0.143. The van der Waals surface area contributed by atoms with E-state index in [-0.39, 0.29) is 16.3 Å². The molecule has 1 atom stereocenters. The number of carbonyl (C=O) groups excluding carboxylic acids is 2. The molecule has 0 saturated carbocycles. The maximum atomic E-state index is 14.4. The summed E-state index contributed by atoms with van der Waals surface area (Å²) >= 11 is 5.81. The van der Waals surface area contributed by atoms with E-state index < -0.39 is 46.2 Å². The van der Waals surface area contributed by atoms with Crippen LogP contribution in [0.15, 0.2) is 58.1 Å². The first-order chi connectivity index (χ1) is 15.5. The quantitative estimate of drug-likeness (QED) is 0.537. The number of aromatic amines is 1. The van der Waals surface area contributed by atoms with E-state index in [4.69, 9.17) is 11.6 Å². The molecule has 1 aliphatic heterocycles. The number of benzene rings is 2. The van der Waals surface area contributed by atoms with Gasteiger partial charge in [0.1, 0.15) is 11.4 Å². The van der Waals surface area contributed by atoms with Gasteiger partial charge in [0.2, 0.25) is 0 Å². The monoisotopic (exact) mass is 478 g/mol. The van der Waals surface area contributed by atoms with Gasteiger partial charge in [0.15, 0.2) is 0 Å². The van der Waals surface area contributed by atoms with Crippen molar-refractivity contribution in [1.82, 2.24) is 14.9 Å². The normalized spacial score (nSPS) is 17.4. The molecule has 8 nitrogen and oxygen atoms in total. The number of halogens is 4. The summed E-state index contributed by atoms with van der Waals surface area (Å²) in [6, 6.07) is 11.1. The molecule has 2 heterocycles. The van der Waals surface area contributed by atoms with Crippen molar-refractivity contribution in [3.8, 4) is 5.69 Å². The van der Waals surface area contributed by atoms with Crippen molar-refractivity contribution < 1.29 is 22.8 Å².